The molecule has 0 radical (unpaired) electrons. The highest BCUT2D eigenvalue weighted by molar-refractivity contribution is 6.42. The molecule has 6 nitrogen and oxygen atoms in total. The molecule has 2 aliphatic heterocycles. The lowest BCUT2D eigenvalue weighted by Gasteiger charge is -2.40. The van der Waals surface area contributed by atoms with E-state index < -0.39 is 0 Å². The number of alkyl halides is 1. The normalized spacial score (nSPS) is 20.5. The van der Waals surface area contributed by atoms with E-state index in [1.165, 1.54) is 0 Å². The second-order valence-electron chi connectivity index (χ2n) is 9.97. The Bertz CT molecular complexity index is 1130. The third-order valence-corrected chi connectivity index (χ3v) is 8.60. The van der Waals surface area contributed by atoms with Crippen LogP contribution in [0.5, 0.6) is 0 Å². The molecule has 2 aromatic rings. The van der Waals surface area contributed by atoms with E-state index in [0.29, 0.717) is 60.5 Å². The average Bonchev–Trinajstić information content (AvgIpc) is 2.90. The lowest BCUT2D eigenvalue weighted by Crippen LogP contribution is -2.51. The summed E-state index contributed by atoms with van der Waals surface area (Å²) in [6.07, 6.45) is 2.79. The number of carbonyl (C=O) groups is 3. The number of hydrogen-bond donors (Lipinski definition) is 1. The summed E-state index contributed by atoms with van der Waals surface area (Å²) in [6, 6.07) is 12.6. The van der Waals surface area contributed by atoms with E-state index >= 15 is 0 Å². The van der Waals surface area contributed by atoms with Gasteiger partial charge >= 0.3 is 0 Å². The van der Waals surface area contributed by atoms with Crippen molar-refractivity contribution in [1.29, 1.82) is 0 Å². The van der Waals surface area contributed by atoms with Gasteiger partial charge in [0.15, 0.2) is 0 Å². The smallest absolute Gasteiger partial charge is 0.251 e. The number of hydrogen-bond acceptors (Lipinski definition) is 3. The molecular weight excluding hydrogens is 533 g/mol. The zero-order chi connectivity index (χ0) is 26.5. The maximum Gasteiger partial charge on any atom is 0.251 e. The van der Waals surface area contributed by atoms with Gasteiger partial charge in [-0.2, -0.15) is 0 Å². The quantitative estimate of drug-likeness (QED) is 0.472. The van der Waals surface area contributed by atoms with Gasteiger partial charge in [-0.1, -0.05) is 41.4 Å². The van der Waals surface area contributed by atoms with Crippen LogP contribution in [0.2, 0.25) is 10.0 Å². The minimum Gasteiger partial charge on any atom is -0.349 e. The Labute approximate surface area is 233 Å². The van der Waals surface area contributed by atoms with Crippen molar-refractivity contribution in [2.75, 3.05) is 26.2 Å². The molecule has 37 heavy (non-hydrogen) atoms. The molecule has 2 heterocycles. The molecule has 0 bridgehead atoms. The van der Waals surface area contributed by atoms with E-state index in [9.17, 15) is 14.4 Å². The zero-order valence-electron chi connectivity index (χ0n) is 20.9. The molecule has 2 atom stereocenters. The fourth-order valence-electron chi connectivity index (χ4n) is 5.26. The Balaban J connectivity index is 1.46. The van der Waals surface area contributed by atoms with E-state index in [1.54, 1.807) is 25.1 Å². The Kier molecular flexibility index (Phi) is 9.38. The van der Waals surface area contributed by atoms with E-state index in [-0.39, 0.29) is 35.6 Å². The monoisotopic (exact) mass is 563 g/mol. The van der Waals surface area contributed by atoms with Crippen LogP contribution in [0.1, 0.15) is 60.0 Å². The second kappa shape index (κ2) is 12.5. The Morgan fingerprint density at radius 1 is 0.919 bits per heavy atom. The van der Waals surface area contributed by atoms with Crippen LogP contribution in [-0.2, 0) is 15.5 Å². The highest BCUT2D eigenvalue weighted by Crippen LogP contribution is 2.33. The van der Waals surface area contributed by atoms with Crippen molar-refractivity contribution < 1.29 is 14.4 Å². The van der Waals surface area contributed by atoms with Gasteiger partial charge in [-0.3, -0.25) is 14.4 Å². The van der Waals surface area contributed by atoms with Crippen LogP contribution < -0.4 is 5.32 Å². The summed E-state index contributed by atoms with van der Waals surface area (Å²) in [7, 11) is 0. The molecule has 198 valence electrons. The predicted octanol–water partition coefficient (Wildman–Crippen LogP) is 5.50. The first-order chi connectivity index (χ1) is 17.7. The lowest BCUT2D eigenvalue weighted by molar-refractivity contribution is -0.134. The van der Waals surface area contributed by atoms with Crippen LogP contribution in [-0.4, -0.2) is 59.7 Å². The Morgan fingerprint density at radius 3 is 2.22 bits per heavy atom. The fourth-order valence-corrected chi connectivity index (χ4v) is 5.74. The van der Waals surface area contributed by atoms with E-state index in [1.807, 2.05) is 34.1 Å². The number of likely N-dealkylation sites (tertiary alicyclic amines) is 2. The number of nitrogens with zero attached hydrogens (tertiary/aromatic N) is 2. The van der Waals surface area contributed by atoms with Gasteiger partial charge < -0.3 is 15.1 Å². The van der Waals surface area contributed by atoms with Gasteiger partial charge in [0.2, 0.25) is 11.8 Å². The van der Waals surface area contributed by atoms with E-state index in [0.717, 1.165) is 24.0 Å². The molecule has 1 N–H and O–H groups in total. The number of benzene rings is 2. The van der Waals surface area contributed by atoms with Gasteiger partial charge in [0, 0.05) is 62.9 Å². The van der Waals surface area contributed by atoms with Gasteiger partial charge in [0.1, 0.15) is 0 Å². The average molecular weight is 565 g/mol. The van der Waals surface area contributed by atoms with Crippen LogP contribution in [0.15, 0.2) is 42.5 Å². The summed E-state index contributed by atoms with van der Waals surface area (Å²) in [6.45, 7) is 4.06. The van der Waals surface area contributed by atoms with Gasteiger partial charge in [-0.05, 0) is 60.6 Å². The van der Waals surface area contributed by atoms with Crippen LogP contribution in [0.3, 0.4) is 0 Å². The summed E-state index contributed by atoms with van der Waals surface area (Å²) in [5.74, 6) is 0.594. The van der Waals surface area contributed by atoms with Crippen molar-refractivity contribution in [3.05, 3.63) is 69.2 Å². The number of amides is 3. The first kappa shape index (κ1) is 27.7. The predicted molar refractivity (Wildman–Crippen MR) is 147 cm³/mol. The molecular formula is C28H32Cl3N3O3. The van der Waals surface area contributed by atoms with Gasteiger partial charge in [0.25, 0.3) is 5.91 Å². The number of nitrogens with one attached hydrogen (secondary N) is 1. The van der Waals surface area contributed by atoms with Crippen LogP contribution >= 0.6 is 34.8 Å². The molecule has 2 fully saturated rings. The molecule has 3 amide bonds. The van der Waals surface area contributed by atoms with E-state index in [4.69, 9.17) is 34.8 Å². The third-order valence-electron chi connectivity index (χ3n) is 7.55. The molecule has 0 aromatic heterocycles. The van der Waals surface area contributed by atoms with Gasteiger partial charge in [-0.15, -0.1) is 11.6 Å². The summed E-state index contributed by atoms with van der Waals surface area (Å²) in [5.41, 5.74) is 2.45. The fraction of sp³-hybridized carbons (Fsp3) is 0.464. The minimum atomic E-state index is -0.166. The molecule has 4 rings (SSSR count). The standard InChI is InChI=1S/C28H32Cl3N3O3/c1-18(35)33-11-8-19(9-12-33)14-27(36)34-13-10-26(23(17-34)22-6-7-24(30)25(31)15-22)32-28(37)21-4-2-20(16-29)3-5-21/h2-7,15,19,23,26H,8-14,16-17H2,1H3,(H,32,37). The highest BCUT2D eigenvalue weighted by atomic mass is 35.5. The van der Waals surface area contributed by atoms with Crippen molar-refractivity contribution in [2.45, 2.75) is 50.4 Å². The van der Waals surface area contributed by atoms with Crippen LogP contribution in [0.25, 0.3) is 0 Å². The molecule has 2 aliphatic rings. The molecule has 2 saturated heterocycles. The van der Waals surface area contributed by atoms with Crippen molar-refractivity contribution in [3.8, 4) is 0 Å². The van der Waals surface area contributed by atoms with Crippen molar-refractivity contribution in [2.24, 2.45) is 5.92 Å². The van der Waals surface area contributed by atoms with Crippen LogP contribution in [0, 0.1) is 5.92 Å². The Hall–Kier alpha value is -2.28. The molecule has 2 aromatic carbocycles. The SMILES string of the molecule is CC(=O)N1CCC(CC(=O)N2CCC(NC(=O)c3ccc(CCl)cc3)C(c3ccc(Cl)c(Cl)c3)C2)CC1. The van der Waals surface area contributed by atoms with Crippen molar-refractivity contribution in [3.63, 3.8) is 0 Å². The largest absolute Gasteiger partial charge is 0.349 e. The topological polar surface area (TPSA) is 69.7 Å². The summed E-state index contributed by atoms with van der Waals surface area (Å²) >= 11 is 18.4. The van der Waals surface area contributed by atoms with Crippen molar-refractivity contribution in [1.82, 2.24) is 15.1 Å². The molecule has 9 heteroatoms. The van der Waals surface area contributed by atoms with Crippen LogP contribution in [0.4, 0.5) is 0 Å². The molecule has 0 saturated carbocycles. The highest BCUT2D eigenvalue weighted by Gasteiger charge is 2.35. The summed E-state index contributed by atoms with van der Waals surface area (Å²) in [4.78, 5) is 41.7. The second-order valence-corrected chi connectivity index (χ2v) is 11.1. The Morgan fingerprint density at radius 2 is 1.59 bits per heavy atom. The first-order valence-electron chi connectivity index (χ1n) is 12.7. The summed E-state index contributed by atoms with van der Waals surface area (Å²) in [5, 5.41) is 4.10. The first-order valence-corrected chi connectivity index (χ1v) is 14.0. The van der Waals surface area contributed by atoms with Gasteiger partial charge in [-0.25, -0.2) is 0 Å². The van der Waals surface area contributed by atoms with E-state index in [2.05, 4.69) is 5.32 Å². The lowest BCUT2D eigenvalue weighted by atomic mass is 9.85. The summed E-state index contributed by atoms with van der Waals surface area (Å²) < 4.78 is 0. The number of carbonyl (C=O) groups excluding carboxylic acids is 3. The molecule has 0 aliphatic carbocycles. The number of halogens is 3. The van der Waals surface area contributed by atoms with Gasteiger partial charge in [0.05, 0.1) is 10.0 Å². The number of piperidine rings is 2. The third kappa shape index (κ3) is 6.98. The maximum absolute atomic E-state index is 13.3. The minimum absolute atomic E-state index is 0.0911. The molecule has 2 unspecified atom stereocenters. The number of rotatable bonds is 6. The molecule has 0 spiro atoms. The maximum atomic E-state index is 13.3. The zero-order valence-corrected chi connectivity index (χ0v) is 23.2. The van der Waals surface area contributed by atoms with Crippen molar-refractivity contribution >= 4 is 52.5 Å².